The lowest BCUT2D eigenvalue weighted by molar-refractivity contribution is 0.0781. The van der Waals surface area contributed by atoms with Crippen LogP contribution in [-0.2, 0) is 7.05 Å². The van der Waals surface area contributed by atoms with Crippen molar-refractivity contribution < 1.29 is 4.79 Å². The van der Waals surface area contributed by atoms with E-state index in [0.717, 1.165) is 37.0 Å². The number of amides is 1. The summed E-state index contributed by atoms with van der Waals surface area (Å²) in [4.78, 5) is 14.8. The molecule has 1 saturated heterocycles. The molecule has 2 aromatic rings. The van der Waals surface area contributed by atoms with Crippen molar-refractivity contribution in [3.05, 3.63) is 30.0 Å². The summed E-state index contributed by atoms with van der Waals surface area (Å²) in [6, 6.07) is 8.29. The van der Waals surface area contributed by atoms with Crippen molar-refractivity contribution in [1.29, 1.82) is 0 Å². The predicted octanol–water partition coefficient (Wildman–Crippen LogP) is 2.46. The Kier molecular flexibility index (Phi) is 5.65. The summed E-state index contributed by atoms with van der Waals surface area (Å²) in [5.41, 5.74) is 1.57. The molecule has 1 aliphatic rings. The smallest absolute Gasteiger partial charge is 0.275 e. The summed E-state index contributed by atoms with van der Waals surface area (Å²) in [5, 5.41) is 8.93. The van der Waals surface area contributed by atoms with Crippen molar-refractivity contribution in [3.8, 4) is 0 Å². The van der Waals surface area contributed by atoms with E-state index in [1.807, 2.05) is 36.2 Å². The van der Waals surface area contributed by atoms with Gasteiger partial charge in [-0.2, -0.15) is 5.10 Å². The Bertz CT molecular complexity index is 684. The molecule has 126 valence electrons. The van der Waals surface area contributed by atoms with E-state index in [0.29, 0.717) is 17.7 Å². The van der Waals surface area contributed by atoms with Crippen LogP contribution < -0.4 is 5.32 Å². The highest BCUT2D eigenvalue weighted by atomic mass is 35.5. The average Bonchev–Trinajstić information content (AvgIpc) is 3.06. The minimum absolute atomic E-state index is 0. The number of rotatable bonds is 4. The molecular formula is C17H25ClN4O. The minimum atomic E-state index is 0. The molecule has 2 unspecified atom stereocenters. The molecule has 6 heteroatoms. The lowest BCUT2D eigenvalue weighted by Crippen LogP contribution is -2.37. The Hall–Kier alpha value is -1.59. The fourth-order valence-electron chi connectivity index (χ4n) is 3.25. The van der Waals surface area contributed by atoms with Gasteiger partial charge in [-0.05, 0) is 24.9 Å². The number of nitrogens with one attached hydrogen (secondary N) is 1. The first-order chi connectivity index (χ1) is 10.6. The van der Waals surface area contributed by atoms with Gasteiger partial charge in [0.1, 0.15) is 0 Å². The van der Waals surface area contributed by atoms with Gasteiger partial charge in [0.2, 0.25) is 0 Å². The Morgan fingerprint density at radius 2 is 2.09 bits per heavy atom. The molecule has 1 fully saturated rings. The first-order valence-corrected chi connectivity index (χ1v) is 8.06. The molecular weight excluding hydrogens is 312 g/mol. The van der Waals surface area contributed by atoms with Crippen LogP contribution in [0.3, 0.4) is 0 Å². The highest BCUT2D eigenvalue weighted by Gasteiger charge is 2.33. The van der Waals surface area contributed by atoms with Gasteiger partial charge in [-0.3, -0.25) is 9.48 Å². The molecule has 0 saturated carbocycles. The molecule has 0 aliphatic carbocycles. The third-order valence-corrected chi connectivity index (χ3v) is 4.52. The Labute approximate surface area is 143 Å². The molecule has 5 nitrogen and oxygen atoms in total. The highest BCUT2D eigenvalue weighted by molar-refractivity contribution is 6.04. The van der Waals surface area contributed by atoms with E-state index in [1.165, 1.54) is 0 Å². The Morgan fingerprint density at radius 1 is 1.35 bits per heavy atom. The van der Waals surface area contributed by atoms with Gasteiger partial charge < -0.3 is 10.2 Å². The Morgan fingerprint density at radius 3 is 2.83 bits per heavy atom. The lowest BCUT2D eigenvalue weighted by Gasteiger charge is -2.16. The van der Waals surface area contributed by atoms with Crippen molar-refractivity contribution in [2.75, 3.05) is 19.6 Å². The van der Waals surface area contributed by atoms with Crippen LogP contribution in [0.4, 0.5) is 0 Å². The van der Waals surface area contributed by atoms with E-state index in [2.05, 4.69) is 24.3 Å². The molecule has 2 heterocycles. The molecule has 2 atom stereocenters. The molecule has 23 heavy (non-hydrogen) atoms. The topological polar surface area (TPSA) is 50.2 Å². The third kappa shape index (κ3) is 3.35. The quantitative estimate of drug-likeness (QED) is 0.933. The molecule has 0 bridgehead atoms. The Balaban J connectivity index is 0.00000192. The van der Waals surface area contributed by atoms with E-state index < -0.39 is 0 Å². The summed E-state index contributed by atoms with van der Waals surface area (Å²) >= 11 is 0. The third-order valence-electron chi connectivity index (χ3n) is 4.52. The van der Waals surface area contributed by atoms with Crippen LogP contribution in [0.15, 0.2) is 24.3 Å². The molecule has 3 rings (SSSR count). The van der Waals surface area contributed by atoms with Gasteiger partial charge >= 0.3 is 0 Å². The molecule has 1 N–H and O–H groups in total. The molecule has 1 amide bonds. The molecule has 1 aromatic carbocycles. The second-order valence-electron chi connectivity index (χ2n) is 6.24. The number of hydrogen-bond donors (Lipinski definition) is 1. The van der Waals surface area contributed by atoms with Crippen molar-refractivity contribution in [3.63, 3.8) is 0 Å². The van der Waals surface area contributed by atoms with Crippen molar-refractivity contribution in [2.24, 2.45) is 13.0 Å². The number of aromatic nitrogens is 2. The summed E-state index contributed by atoms with van der Waals surface area (Å²) in [7, 11) is 1.89. The maximum absolute atomic E-state index is 12.9. The number of halogens is 1. The first-order valence-electron chi connectivity index (χ1n) is 8.06. The number of benzene rings is 1. The summed E-state index contributed by atoms with van der Waals surface area (Å²) in [6.45, 7) is 6.94. The summed E-state index contributed by atoms with van der Waals surface area (Å²) < 4.78 is 1.79. The van der Waals surface area contributed by atoms with Crippen molar-refractivity contribution in [2.45, 2.75) is 26.3 Å². The van der Waals surface area contributed by atoms with E-state index in [-0.39, 0.29) is 18.3 Å². The van der Waals surface area contributed by atoms with Crippen molar-refractivity contribution in [1.82, 2.24) is 20.0 Å². The number of carbonyl (C=O) groups is 1. The predicted molar refractivity (Wildman–Crippen MR) is 95.1 cm³/mol. The number of para-hydroxylation sites is 1. The van der Waals surface area contributed by atoms with E-state index >= 15 is 0 Å². The van der Waals surface area contributed by atoms with Crippen molar-refractivity contribution >= 4 is 29.2 Å². The van der Waals surface area contributed by atoms with E-state index in [4.69, 9.17) is 0 Å². The maximum atomic E-state index is 12.9. The zero-order valence-corrected chi connectivity index (χ0v) is 14.8. The van der Waals surface area contributed by atoms with Gasteiger partial charge in [-0.1, -0.05) is 32.0 Å². The number of likely N-dealkylation sites (tertiary alicyclic amines) is 1. The molecule has 1 aliphatic heterocycles. The summed E-state index contributed by atoms with van der Waals surface area (Å²) in [6.07, 6.45) is 1.11. The first kappa shape index (κ1) is 17.8. The summed E-state index contributed by atoms with van der Waals surface area (Å²) in [5.74, 6) is 0.523. The van der Waals surface area contributed by atoms with Gasteiger partial charge in [-0.25, -0.2) is 0 Å². The van der Waals surface area contributed by atoms with Gasteiger partial charge in [0.25, 0.3) is 5.91 Å². The van der Waals surface area contributed by atoms with Crippen LogP contribution in [-0.4, -0.2) is 46.3 Å². The van der Waals surface area contributed by atoms with Crippen LogP contribution in [0, 0.1) is 5.92 Å². The second-order valence-corrected chi connectivity index (χ2v) is 6.24. The highest BCUT2D eigenvalue weighted by Crippen LogP contribution is 2.23. The molecule has 0 spiro atoms. The average molecular weight is 337 g/mol. The number of hydrogen-bond acceptors (Lipinski definition) is 3. The van der Waals surface area contributed by atoms with Crippen LogP contribution in [0.5, 0.6) is 0 Å². The molecule has 1 aromatic heterocycles. The van der Waals surface area contributed by atoms with Gasteiger partial charge in [0, 0.05) is 31.6 Å². The standard InChI is InChI=1S/C17H24N4O.ClH/c1-4-9-18-14-11-21(10-12(14)2)17(22)16-13-7-5-6-8-15(13)20(3)19-16;/h5-8,12,14,18H,4,9-11H2,1-3H3;1H. The van der Waals surface area contributed by atoms with Crippen LogP contribution in [0.25, 0.3) is 10.9 Å². The van der Waals surface area contributed by atoms with E-state index in [9.17, 15) is 4.79 Å². The van der Waals surface area contributed by atoms with Gasteiger partial charge in [0.15, 0.2) is 5.69 Å². The fourth-order valence-corrected chi connectivity index (χ4v) is 3.25. The lowest BCUT2D eigenvalue weighted by atomic mass is 10.1. The monoisotopic (exact) mass is 336 g/mol. The van der Waals surface area contributed by atoms with Gasteiger partial charge in [-0.15, -0.1) is 12.4 Å². The second kappa shape index (κ2) is 7.32. The number of fused-ring (bicyclic) bond motifs is 1. The zero-order chi connectivity index (χ0) is 15.7. The van der Waals surface area contributed by atoms with Crippen LogP contribution >= 0.6 is 12.4 Å². The maximum Gasteiger partial charge on any atom is 0.275 e. The minimum Gasteiger partial charge on any atom is -0.335 e. The number of aryl methyl sites for hydroxylation is 1. The SMILES string of the molecule is CCCNC1CN(C(=O)c2nn(C)c3ccccc23)CC1C.Cl. The number of carbonyl (C=O) groups excluding carboxylic acids is 1. The van der Waals surface area contributed by atoms with E-state index in [1.54, 1.807) is 4.68 Å². The van der Waals surface area contributed by atoms with Gasteiger partial charge in [0.05, 0.1) is 5.52 Å². The molecule has 0 radical (unpaired) electrons. The largest absolute Gasteiger partial charge is 0.335 e. The zero-order valence-electron chi connectivity index (χ0n) is 14.0. The van der Waals surface area contributed by atoms with Crippen LogP contribution in [0.2, 0.25) is 0 Å². The normalized spacial score (nSPS) is 20.7. The fraction of sp³-hybridized carbons (Fsp3) is 0.529. The van der Waals surface area contributed by atoms with Crippen LogP contribution in [0.1, 0.15) is 30.8 Å². The number of nitrogens with zero attached hydrogens (tertiary/aromatic N) is 3.